The maximum atomic E-state index is 11.0. The van der Waals surface area contributed by atoms with Gasteiger partial charge in [-0.3, -0.25) is 4.79 Å². The second-order valence-electron chi connectivity index (χ2n) is 3.67. The second-order valence-corrected chi connectivity index (χ2v) is 4.07. The summed E-state index contributed by atoms with van der Waals surface area (Å²) in [5.41, 5.74) is 2.71. The zero-order valence-electron chi connectivity index (χ0n) is 8.62. The van der Waals surface area contributed by atoms with Gasteiger partial charge >= 0.3 is 0 Å². The Balaban J connectivity index is 2.59. The minimum absolute atomic E-state index is 0.110. The quantitative estimate of drug-likeness (QED) is 0.782. The topological polar surface area (TPSA) is 34.9 Å². The van der Waals surface area contributed by atoms with Crippen LogP contribution < -0.4 is 0 Å². The molecule has 2 rings (SSSR count). The number of ketones is 1. The number of aryl methyl sites for hydroxylation is 1. The van der Waals surface area contributed by atoms with Gasteiger partial charge in [-0.25, -0.2) is 4.98 Å². The monoisotopic (exact) mass is 222 g/mol. The molecule has 0 atom stereocenters. The minimum atomic E-state index is 0.110. The second kappa shape index (κ2) is 3.66. The van der Waals surface area contributed by atoms with Crippen LogP contribution in [0.4, 0.5) is 0 Å². The fraction of sp³-hybridized carbons (Fsp3) is 0.273. The van der Waals surface area contributed by atoms with Crippen LogP contribution >= 0.6 is 11.6 Å². The number of Topliss-reactive ketones (excluding diaryl/α,β-unsaturated/α-hetero) is 1. The highest BCUT2D eigenvalue weighted by Gasteiger charge is 2.08. The number of imidazole rings is 1. The molecule has 4 heteroatoms. The molecule has 0 amide bonds. The van der Waals surface area contributed by atoms with Crippen LogP contribution in [0, 0.1) is 0 Å². The number of carbonyl (C=O) groups is 1. The van der Waals surface area contributed by atoms with Crippen molar-refractivity contribution >= 4 is 28.4 Å². The molecule has 0 saturated carbocycles. The summed E-state index contributed by atoms with van der Waals surface area (Å²) in [6.45, 7) is 1.56. The first kappa shape index (κ1) is 10.2. The Morgan fingerprint density at radius 1 is 1.53 bits per heavy atom. The van der Waals surface area contributed by atoms with E-state index < -0.39 is 0 Å². The fourth-order valence-electron chi connectivity index (χ4n) is 1.60. The predicted molar refractivity (Wildman–Crippen MR) is 60.1 cm³/mol. The Labute approximate surface area is 92.7 Å². The maximum Gasteiger partial charge on any atom is 0.134 e. The van der Waals surface area contributed by atoms with Crippen molar-refractivity contribution in [2.24, 2.45) is 7.05 Å². The molecule has 15 heavy (non-hydrogen) atoms. The Bertz CT molecular complexity index is 531. The number of nitrogens with zero attached hydrogens (tertiary/aromatic N) is 2. The molecule has 3 nitrogen and oxygen atoms in total. The van der Waals surface area contributed by atoms with Gasteiger partial charge in [0.25, 0.3) is 0 Å². The molecule has 0 aliphatic rings. The minimum Gasteiger partial charge on any atom is -0.334 e. The number of benzene rings is 1. The normalized spacial score (nSPS) is 10.9. The molecular weight excluding hydrogens is 212 g/mol. The van der Waals surface area contributed by atoms with Crippen LogP contribution in [-0.4, -0.2) is 15.3 Å². The van der Waals surface area contributed by atoms with E-state index in [1.54, 1.807) is 19.3 Å². The van der Waals surface area contributed by atoms with Crippen LogP contribution in [0.2, 0.25) is 5.02 Å². The molecule has 0 radical (unpaired) electrons. The lowest BCUT2D eigenvalue weighted by Crippen LogP contribution is -1.97. The first-order chi connectivity index (χ1) is 7.08. The van der Waals surface area contributed by atoms with Gasteiger partial charge in [-0.05, 0) is 24.6 Å². The van der Waals surface area contributed by atoms with Crippen molar-refractivity contribution < 1.29 is 4.79 Å². The summed E-state index contributed by atoms with van der Waals surface area (Å²) in [7, 11) is 1.92. The summed E-state index contributed by atoms with van der Waals surface area (Å²) >= 11 is 6.06. The molecule has 0 aliphatic heterocycles. The molecule has 0 fully saturated rings. The number of rotatable bonds is 2. The fourth-order valence-corrected chi connectivity index (χ4v) is 1.82. The van der Waals surface area contributed by atoms with Crippen LogP contribution in [0.3, 0.4) is 0 Å². The Morgan fingerprint density at radius 3 is 2.93 bits per heavy atom. The molecular formula is C11H11ClN2O. The highest BCUT2D eigenvalue weighted by atomic mass is 35.5. The van der Waals surface area contributed by atoms with Gasteiger partial charge in [-0.2, -0.15) is 0 Å². The lowest BCUT2D eigenvalue weighted by atomic mass is 10.1. The number of fused-ring (bicyclic) bond motifs is 1. The van der Waals surface area contributed by atoms with E-state index in [0.29, 0.717) is 11.4 Å². The van der Waals surface area contributed by atoms with Crippen LogP contribution in [-0.2, 0) is 18.3 Å². The van der Waals surface area contributed by atoms with Crippen molar-refractivity contribution in [3.8, 4) is 0 Å². The first-order valence-electron chi connectivity index (χ1n) is 4.67. The third kappa shape index (κ3) is 1.88. The summed E-state index contributed by atoms with van der Waals surface area (Å²) in [5.74, 6) is 0.110. The van der Waals surface area contributed by atoms with Crippen LogP contribution in [0.15, 0.2) is 18.5 Å². The molecule has 0 N–H and O–H groups in total. The Hall–Kier alpha value is -1.35. The van der Waals surface area contributed by atoms with Crippen LogP contribution in [0.1, 0.15) is 12.5 Å². The van der Waals surface area contributed by atoms with Gasteiger partial charge in [0.15, 0.2) is 0 Å². The largest absolute Gasteiger partial charge is 0.334 e. The number of hydrogen-bond donors (Lipinski definition) is 0. The third-order valence-electron chi connectivity index (χ3n) is 2.33. The highest BCUT2D eigenvalue weighted by Crippen LogP contribution is 2.23. The SMILES string of the molecule is CC(=O)Cc1cc2c(cc1Cl)ncn2C. The van der Waals surface area contributed by atoms with E-state index in [0.717, 1.165) is 16.6 Å². The molecule has 0 aliphatic carbocycles. The first-order valence-corrected chi connectivity index (χ1v) is 5.04. The molecule has 0 spiro atoms. The van der Waals surface area contributed by atoms with E-state index in [4.69, 9.17) is 11.6 Å². The predicted octanol–water partition coefficient (Wildman–Crippen LogP) is 2.36. The average Bonchev–Trinajstić information content (AvgIpc) is 2.48. The van der Waals surface area contributed by atoms with Crippen LogP contribution in [0.5, 0.6) is 0 Å². The van der Waals surface area contributed by atoms with Crippen molar-refractivity contribution in [2.45, 2.75) is 13.3 Å². The van der Waals surface area contributed by atoms with Gasteiger partial charge < -0.3 is 4.57 Å². The summed E-state index contributed by atoms with van der Waals surface area (Å²) in [6.07, 6.45) is 2.11. The lowest BCUT2D eigenvalue weighted by molar-refractivity contribution is -0.116. The maximum absolute atomic E-state index is 11.0. The van der Waals surface area contributed by atoms with E-state index in [2.05, 4.69) is 4.98 Å². The summed E-state index contributed by atoms with van der Waals surface area (Å²) in [5, 5.41) is 0.608. The van der Waals surface area contributed by atoms with E-state index in [9.17, 15) is 4.79 Å². The molecule has 0 unspecified atom stereocenters. The average molecular weight is 223 g/mol. The van der Waals surface area contributed by atoms with Crippen molar-refractivity contribution in [2.75, 3.05) is 0 Å². The van der Waals surface area contributed by atoms with E-state index in [1.165, 1.54) is 0 Å². The van der Waals surface area contributed by atoms with Gasteiger partial charge in [-0.1, -0.05) is 11.6 Å². The van der Waals surface area contributed by atoms with E-state index in [-0.39, 0.29) is 5.78 Å². The third-order valence-corrected chi connectivity index (χ3v) is 2.68. The Morgan fingerprint density at radius 2 is 2.27 bits per heavy atom. The molecule has 1 aromatic heterocycles. The van der Waals surface area contributed by atoms with E-state index in [1.807, 2.05) is 17.7 Å². The smallest absolute Gasteiger partial charge is 0.134 e. The van der Waals surface area contributed by atoms with Crippen LogP contribution in [0.25, 0.3) is 11.0 Å². The molecule has 0 bridgehead atoms. The number of carbonyl (C=O) groups excluding carboxylic acids is 1. The summed E-state index contributed by atoms with van der Waals surface area (Å²) < 4.78 is 1.91. The standard InChI is InChI=1S/C11H11ClN2O/c1-7(15)3-8-4-11-10(5-9(8)12)13-6-14(11)2/h4-6H,3H2,1-2H3. The van der Waals surface area contributed by atoms with Gasteiger partial charge in [-0.15, -0.1) is 0 Å². The zero-order valence-corrected chi connectivity index (χ0v) is 9.38. The highest BCUT2D eigenvalue weighted by molar-refractivity contribution is 6.32. The van der Waals surface area contributed by atoms with E-state index >= 15 is 0 Å². The molecule has 1 aromatic carbocycles. The van der Waals surface area contributed by atoms with Gasteiger partial charge in [0.1, 0.15) is 5.78 Å². The van der Waals surface area contributed by atoms with Crippen molar-refractivity contribution in [3.63, 3.8) is 0 Å². The number of hydrogen-bond acceptors (Lipinski definition) is 2. The molecule has 1 heterocycles. The van der Waals surface area contributed by atoms with Gasteiger partial charge in [0.2, 0.25) is 0 Å². The van der Waals surface area contributed by atoms with Gasteiger partial charge in [0, 0.05) is 18.5 Å². The molecule has 0 saturated heterocycles. The Kier molecular flexibility index (Phi) is 2.49. The van der Waals surface area contributed by atoms with Crippen molar-refractivity contribution in [1.82, 2.24) is 9.55 Å². The number of aromatic nitrogens is 2. The number of halogens is 1. The zero-order chi connectivity index (χ0) is 11.0. The van der Waals surface area contributed by atoms with Crippen molar-refractivity contribution in [3.05, 3.63) is 29.0 Å². The lowest BCUT2D eigenvalue weighted by Gasteiger charge is -2.02. The van der Waals surface area contributed by atoms with Gasteiger partial charge in [0.05, 0.1) is 17.4 Å². The summed E-state index contributed by atoms with van der Waals surface area (Å²) in [6, 6.07) is 3.72. The molecule has 78 valence electrons. The molecule has 2 aromatic rings. The summed E-state index contributed by atoms with van der Waals surface area (Å²) in [4.78, 5) is 15.2. The van der Waals surface area contributed by atoms with Crippen molar-refractivity contribution in [1.29, 1.82) is 0 Å².